The fourth-order valence-corrected chi connectivity index (χ4v) is 1.86. The molecule has 94 valence electrons. The van der Waals surface area contributed by atoms with Crippen LogP contribution < -0.4 is 0 Å². The summed E-state index contributed by atoms with van der Waals surface area (Å²) in [5.74, 6) is -0.147. The minimum Gasteiger partial charge on any atom is -0.466 e. The number of hydrogen-bond acceptors (Lipinski definition) is 4. The molecule has 0 spiro atoms. The van der Waals surface area contributed by atoms with Gasteiger partial charge in [-0.1, -0.05) is 0 Å². The van der Waals surface area contributed by atoms with Gasteiger partial charge in [-0.3, -0.25) is 9.78 Å². The summed E-state index contributed by atoms with van der Waals surface area (Å²) in [6.45, 7) is 3.71. The molecule has 1 aromatic heterocycles. The van der Waals surface area contributed by atoms with Crippen molar-refractivity contribution in [3.63, 3.8) is 0 Å². The molecule has 0 bridgehead atoms. The summed E-state index contributed by atoms with van der Waals surface area (Å²) in [6, 6.07) is 2.02. The highest BCUT2D eigenvalue weighted by Gasteiger charge is 2.06. The van der Waals surface area contributed by atoms with Crippen LogP contribution in [-0.4, -0.2) is 36.1 Å². The van der Waals surface area contributed by atoms with Gasteiger partial charge in [-0.15, -0.1) is 0 Å². The first-order valence-electron chi connectivity index (χ1n) is 5.55. The second kappa shape index (κ2) is 7.40. The number of aromatic nitrogens is 1. The molecule has 0 aliphatic heterocycles. The van der Waals surface area contributed by atoms with Crippen LogP contribution in [0.1, 0.15) is 18.9 Å². The first-order chi connectivity index (χ1) is 8.11. The molecular formula is C12H17BrN2O2. The number of pyridine rings is 1. The van der Waals surface area contributed by atoms with Crippen molar-refractivity contribution in [2.75, 3.05) is 20.2 Å². The van der Waals surface area contributed by atoms with Crippen LogP contribution >= 0.6 is 15.9 Å². The fraction of sp³-hybridized carbons (Fsp3) is 0.500. The van der Waals surface area contributed by atoms with Gasteiger partial charge in [0.05, 0.1) is 13.0 Å². The number of carbonyl (C=O) groups is 1. The summed E-state index contributed by atoms with van der Waals surface area (Å²) in [5, 5.41) is 0. The molecular weight excluding hydrogens is 284 g/mol. The summed E-state index contributed by atoms with van der Waals surface area (Å²) in [7, 11) is 1.97. The fourth-order valence-electron chi connectivity index (χ4n) is 1.45. The molecule has 0 radical (unpaired) electrons. The molecule has 17 heavy (non-hydrogen) atoms. The Morgan fingerprint density at radius 2 is 2.29 bits per heavy atom. The van der Waals surface area contributed by atoms with Gasteiger partial charge in [0.25, 0.3) is 0 Å². The maximum Gasteiger partial charge on any atom is 0.307 e. The SMILES string of the molecule is CCOC(=O)CCN(C)Cc1cncc(Br)c1. The lowest BCUT2D eigenvalue weighted by atomic mass is 10.2. The molecule has 0 aliphatic rings. The molecule has 1 rings (SSSR count). The van der Waals surface area contributed by atoms with Gasteiger partial charge < -0.3 is 9.64 Å². The Morgan fingerprint density at radius 3 is 2.94 bits per heavy atom. The molecule has 0 saturated carbocycles. The van der Waals surface area contributed by atoms with E-state index in [2.05, 4.69) is 25.8 Å². The lowest BCUT2D eigenvalue weighted by molar-refractivity contribution is -0.143. The van der Waals surface area contributed by atoms with Crippen molar-refractivity contribution >= 4 is 21.9 Å². The maximum atomic E-state index is 11.2. The number of ether oxygens (including phenoxy) is 1. The van der Waals surface area contributed by atoms with E-state index in [1.165, 1.54) is 0 Å². The predicted octanol–water partition coefficient (Wildman–Crippen LogP) is 2.23. The topological polar surface area (TPSA) is 42.4 Å². The summed E-state index contributed by atoms with van der Waals surface area (Å²) < 4.78 is 5.84. The zero-order valence-corrected chi connectivity index (χ0v) is 11.7. The largest absolute Gasteiger partial charge is 0.466 e. The number of rotatable bonds is 6. The summed E-state index contributed by atoms with van der Waals surface area (Å²) in [5.41, 5.74) is 1.12. The van der Waals surface area contributed by atoms with Gasteiger partial charge in [-0.25, -0.2) is 0 Å². The summed E-state index contributed by atoms with van der Waals surface area (Å²) in [4.78, 5) is 17.4. The number of esters is 1. The average Bonchev–Trinajstić information content (AvgIpc) is 2.27. The maximum absolute atomic E-state index is 11.2. The van der Waals surface area contributed by atoms with Crippen molar-refractivity contribution in [3.05, 3.63) is 28.5 Å². The van der Waals surface area contributed by atoms with Crippen LogP contribution in [0, 0.1) is 0 Å². The van der Waals surface area contributed by atoms with E-state index in [1.54, 1.807) is 6.20 Å². The lowest BCUT2D eigenvalue weighted by Crippen LogP contribution is -2.22. The molecule has 1 heterocycles. The third kappa shape index (κ3) is 5.79. The van der Waals surface area contributed by atoms with Crippen molar-refractivity contribution in [1.29, 1.82) is 0 Å². The van der Waals surface area contributed by atoms with Crippen molar-refractivity contribution in [2.24, 2.45) is 0 Å². The predicted molar refractivity (Wildman–Crippen MR) is 69.5 cm³/mol. The molecule has 5 heteroatoms. The van der Waals surface area contributed by atoms with Gasteiger partial charge in [-0.2, -0.15) is 0 Å². The van der Waals surface area contributed by atoms with E-state index in [9.17, 15) is 4.79 Å². The van der Waals surface area contributed by atoms with E-state index >= 15 is 0 Å². The van der Waals surface area contributed by atoms with E-state index in [-0.39, 0.29) is 5.97 Å². The quantitative estimate of drug-likeness (QED) is 0.756. The lowest BCUT2D eigenvalue weighted by Gasteiger charge is -2.15. The third-order valence-electron chi connectivity index (χ3n) is 2.22. The number of carbonyl (C=O) groups excluding carboxylic acids is 1. The Hall–Kier alpha value is -0.940. The van der Waals surface area contributed by atoms with Crippen molar-refractivity contribution in [1.82, 2.24) is 9.88 Å². The van der Waals surface area contributed by atoms with Gasteiger partial charge in [0.1, 0.15) is 0 Å². The van der Waals surface area contributed by atoms with Gasteiger partial charge in [-0.05, 0) is 41.5 Å². The smallest absolute Gasteiger partial charge is 0.307 e. The van der Waals surface area contributed by atoms with Crippen LogP contribution in [0.5, 0.6) is 0 Å². The standard InChI is InChI=1S/C12H17BrN2O2/c1-3-17-12(16)4-5-15(2)9-10-6-11(13)8-14-7-10/h6-8H,3-5,9H2,1-2H3. The number of halogens is 1. The molecule has 0 fully saturated rings. The van der Waals surface area contributed by atoms with Crippen molar-refractivity contribution < 1.29 is 9.53 Å². The zero-order chi connectivity index (χ0) is 12.7. The number of nitrogens with zero attached hydrogens (tertiary/aromatic N) is 2. The second-order valence-corrected chi connectivity index (χ2v) is 4.72. The van der Waals surface area contributed by atoms with Crippen molar-refractivity contribution in [3.8, 4) is 0 Å². The van der Waals surface area contributed by atoms with E-state index in [4.69, 9.17) is 4.74 Å². The number of hydrogen-bond donors (Lipinski definition) is 0. The van der Waals surface area contributed by atoms with Crippen LogP contribution in [0.15, 0.2) is 22.9 Å². The Labute approximate surface area is 110 Å². The summed E-state index contributed by atoms with van der Waals surface area (Å²) >= 11 is 3.38. The highest BCUT2D eigenvalue weighted by molar-refractivity contribution is 9.10. The second-order valence-electron chi connectivity index (χ2n) is 3.80. The molecule has 0 unspecified atom stereocenters. The summed E-state index contributed by atoms with van der Waals surface area (Å²) in [6.07, 6.45) is 4.00. The molecule has 0 atom stereocenters. The van der Waals surface area contributed by atoms with E-state index in [0.717, 1.165) is 16.6 Å². The van der Waals surface area contributed by atoms with Crippen LogP contribution in [0.3, 0.4) is 0 Å². The minimum atomic E-state index is -0.147. The Bertz CT molecular complexity index is 371. The van der Waals surface area contributed by atoms with Gasteiger partial charge >= 0.3 is 5.97 Å². The van der Waals surface area contributed by atoms with Crippen LogP contribution in [0.25, 0.3) is 0 Å². The molecule has 0 N–H and O–H groups in total. The molecule has 4 nitrogen and oxygen atoms in total. The highest BCUT2D eigenvalue weighted by atomic mass is 79.9. The van der Waals surface area contributed by atoms with E-state index in [0.29, 0.717) is 19.6 Å². The van der Waals surface area contributed by atoms with Gasteiger partial charge in [0, 0.05) is 30.0 Å². The van der Waals surface area contributed by atoms with E-state index < -0.39 is 0 Å². The molecule has 1 aromatic rings. The molecule has 0 saturated heterocycles. The van der Waals surface area contributed by atoms with Crippen LogP contribution in [0.2, 0.25) is 0 Å². The first-order valence-corrected chi connectivity index (χ1v) is 6.34. The first kappa shape index (κ1) is 14.1. The average molecular weight is 301 g/mol. The Balaban J connectivity index is 2.34. The van der Waals surface area contributed by atoms with Crippen molar-refractivity contribution in [2.45, 2.75) is 19.9 Å². The van der Waals surface area contributed by atoms with Crippen LogP contribution in [0.4, 0.5) is 0 Å². The highest BCUT2D eigenvalue weighted by Crippen LogP contribution is 2.11. The van der Waals surface area contributed by atoms with Gasteiger partial charge in [0.2, 0.25) is 0 Å². The molecule has 0 amide bonds. The normalized spacial score (nSPS) is 10.6. The van der Waals surface area contributed by atoms with Crippen LogP contribution in [-0.2, 0) is 16.1 Å². The Kier molecular flexibility index (Phi) is 6.15. The zero-order valence-electron chi connectivity index (χ0n) is 10.1. The van der Waals surface area contributed by atoms with Gasteiger partial charge in [0.15, 0.2) is 0 Å². The monoisotopic (exact) mass is 300 g/mol. The third-order valence-corrected chi connectivity index (χ3v) is 2.65. The molecule has 0 aliphatic carbocycles. The minimum absolute atomic E-state index is 0.147. The Morgan fingerprint density at radius 1 is 1.53 bits per heavy atom. The van der Waals surface area contributed by atoms with E-state index in [1.807, 2.05) is 26.2 Å². The molecule has 0 aromatic carbocycles.